The molecule has 1 fully saturated rings. The average molecular weight is 258 g/mol. The molecule has 0 bridgehead atoms. The fraction of sp³-hybridized carbons (Fsp3) is 0.562. The van der Waals surface area contributed by atoms with Gasteiger partial charge < -0.3 is 9.64 Å². The van der Waals surface area contributed by atoms with Crippen LogP contribution in [0.4, 0.5) is 0 Å². The summed E-state index contributed by atoms with van der Waals surface area (Å²) in [5.41, 5.74) is 1.00. The molecular weight excluding hydrogens is 236 g/mol. The van der Waals surface area contributed by atoms with Crippen molar-refractivity contribution in [1.29, 1.82) is 5.26 Å². The minimum absolute atomic E-state index is 0.172. The molecule has 1 aromatic carbocycles. The second-order valence-corrected chi connectivity index (χ2v) is 5.87. The maximum absolute atomic E-state index is 9.41. The third-order valence-corrected chi connectivity index (χ3v) is 3.62. The van der Waals surface area contributed by atoms with Gasteiger partial charge in [-0.2, -0.15) is 5.26 Å². The highest BCUT2D eigenvalue weighted by Gasteiger charge is 2.51. The van der Waals surface area contributed by atoms with E-state index in [9.17, 15) is 5.26 Å². The van der Waals surface area contributed by atoms with Crippen molar-refractivity contribution in [3.05, 3.63) is 29.8 Å². The summed E-state index contributed by atoms with van der Waals surface area (Å²) in [6.07, 6.45) is 2.18. The second kappa shape index (κ2) is 5.22. The Morgan fingerprint density at radius 3 is 2.16 bits per heavy atom. The average Bonchev–Trinajstić information content (AvgIpc) is 3.11. The topological polar surface area (TPSA) is 36.3 Å². The molecule has 0 saturated heterocycles. The van der Waals surface area contributed by atoms with Gasteiger partial charge in [-0.1, -0.05) is 12.1 Å². The first kappa shape index (κ1) is 13.9. The molecule has 3 nitrogen and oxygen atoms in total. The van der Waals surface area contributed by atoms with Crippen molar-refractivity contribution in [2.24, 2.45) is 5.41 Å². The lowest BCUT2D eigenvalue weighted by Gasteiger charge is -2.29. The number of benzene rings is 1. The largest absolute Gasteiger partial charge is 0.491 e. The van der Waals surface area contributed by atoms with E-state index in [0.29, 0.717) is 0 Å². The van der Waals surface area contributed by atoms with E-state index in [1.807, 2.05) is 40.1 Å². The Balaban J connectivity index is 2.22. The predicted molar refractivity (Wildman–Crippen MR) is 75.9 cm³/mol. The van der Waals surface area contributed by atoms with E-state index < -0.39 is 0 Å². The molecule has 1 aromatic rings. The number of hydrogen-bond donors (Lipinski definition) is 0. The minimum atomic E-state index is -0.191. The fourth-order valence-electron chi connectivity index (χ4n) is 2.69. The van der Waals surface area contributed by atoms with Crippen LogP contribution in [0.25, 0.3) is 0 Å². The Hall–Kier alpha value is -1.53. The SMILES string of the molecule is CC(C)Oc1ccc(C(N(C)C)C2(C#N)CC2)cc1. The van der Waals surface area contributed by atoms with E-state index in [0.717, 1.165) is 18.6 Å². The van der Waals surface area contributed by atoms with Crippen molar-refractivity contribution in [3.8, 4) is 11.8 Å². The summed E-state index contributed by atoms with van der Waals surface area (Å²) in [4.78, 5) is 2.15. The molecule has 0 amide bonds. The van der Waals surface area contributed by atoms with Crippen LogP contribution in [-0.2, 0) is 0 Å². The van der Waals surface area contributed by atoms with Crippen molar-refractivity contribution in [3.63, 3.8) is 0 Å². The normalized spacial score (nSPS) is 18.2. The van der Waals surface area contributed by atoms with Crippen LogP contribution in [0.1, 0.15) is 38.3 Å². The van der Waals surface area contributed by atoms with Crippen LogP contribution in [0.5, 0.6) is 5.75 Å². The summed E-state index contributed by atoms with van der Waals surface area (Å²) in [7, 11) is 4.08. The molecule has 102 valence electrons. The molecule has 0 N–H and O–H groups in total. The summed E-state index contributed by atoms with van der Waals surface area (Å²) in [6.45, 7) is 4.04. The molecule has 1 atom stereocenters. The summed E-state index contributed by atoms with van der Waals surface area (Å²) >= 11 is 0. The maximum Gasteiger partial charge on any atom is 0.119 e. The lowest BCUT2D eigenvalue weighted by Crippen LogP contribution is -2.27. The Kier molecular flexibility index (Phi) is 3.82. The van der Waals surface area contributed by atoms with Gasteiger partial charge in [-0.3, -0.25) is 0 Å². The van der Waals surface area contributed by atoms with Crippen LogP contribution in [0.15, 0.2) is 24.3 Å². The summed E-state index contributed by atoms with van der Waals surface area (Å²) in [5.74, 6) is 0.887. The summed E-state index contributed by atoms with van der Waals surface area (Å²) in [5, 5.41) is 9.41. The van der Waals surface area contributed by atoms with Crippen LogP contribution >= 0.6 is 0 Å². The van der Waals surface area contributed by atoms with Crippen molar-refractivity contribution in [2.75, 3.05) is 14.1 Å². The molecule has 1 aliphatic carbocycles. The van der Waals surface area contributed by atoms with Gasteiger partial charge in [-0.15, -0.1) is 0 Å². The van der Waals surface area contributed by atoms with Crippen molar-refractivity contribution >= 4 is 0 Å². The van der Waals surface area contributed by atoms with Crippen LogP contribution < -0.4 is 4.74 Å². The molecule has 1 unspecified atom stereocenters. The van der Waals surface area contributed by atoms with Crippen molar-refractivity contribution in [1.82, 2.24) is 4.90 Å². The zero-order chi connectivity index (χ0) is 14.0. The summed E-state index contributed by atoms with van der Waals surface area (Å²) in [6, 6.07) is 10.8. The number of ether oxygens (including phenoxy) is 1. The van der Waals surface area contributed by atoms with Crippen molar-refractivity contribution < 1.29 is 4.74 Å². The molecule has 0 heterocycles. The van der Waals surface area contributed by atoms with E-state index in [1.54, 1.807) is 0 Å². The Labute approximate surface area is 115 Å². The van der Waals surface area contributed by atoms with Gasteiger partial charge in [0.15, 0.2) is 0 Å². The van der Waals surface area contributed by atoms with Gasteiger partial charge in [0.05, 0.1) is 23.6 Å². The quantitative estimate of drug-likeness (QED) is 0.812. The van der Waals surface area contributed by atoms with E-state index >= 15 is 0 Å². The number of nitriles is 1. The monoisotopic (exact) mass is 258 g/mol. The Bertz CT molecular complexity index is 467. The lowest BCUT2D eigenvalue weighted by atomic mass is 9.90. The standard InChI is InChI=1S/C16H22N2O/c1-12(2)19-14-7-5-13(6-8-14)15(18(3)4)16(11-17)9-10-16/h5-8,12,15H,9-10H2,1-4H3. The molecular formula is C16H22N2O. The molecule has 2 rings (SSSR count). The van der Waals surface area contributed by atoms with E-state index in [4.69, 9.17) is 4.74 Å². The van der Waals surface area contributed by atoms with E-state index in [2.05, 4.69) is 23.1 Å². The van der Waals surface area contributed by atoms with Gasteiger partial charge in [0, 0.05) is 0 Å². The minimum Gasteiger partial charge on any atom is -0.491 e. The summed E-state index contributed by atoms with van der Waals surface area (Å²) < 4.78 is 5.66. The smallest absolute Gasteiger partial charge is 0.119 e. The fourth-order valence-corrected chi connectivity index (χ4v) is 2.69. The zero-order valence-electron chi connectivity index (χ0n) is 12.2. The molecule has 0 radical (unpaired) electrons. The van der Waals surface area contributed by atoms with Crippen LogP contribution in [0, 0.1) is 16.7 Å². The number of rotatable bonds is 5. The molecule has 1 saturated carbocycles. The Morgan fingerprint density at radius 2 is 1.79 bits per heavy atom. The molecule has 0 aliphatic heterocycles. The third-order valence-electron chi connectivity index (χ3n) is 3.62. The van der Waals surface area contributed by atoms with Gasteiger partial charge in [0.1, 0.15) is 5.75 Å². The molecule has 3 heteroatoms. The molecule has 19 heavy (non-hydrogen) atoms. The van der Waals surface area contributed by atoms with Gasteiger partial charge >= 0.3 is 0 Å². The molecule has 0 aromatic heterocycles. The molecule has 1 aliphatic rings. The highest BCUT2D eigenvalue weighted by Crippen LogP contribution is 2.56. The zero-order valence-corrected chi connectivity index (χ0v) is 12.2. The van der Waals surface area contributed by atoms with Gasteiger partial charge in [-0.25, -0.2) is 0 Å². The number of nitrogens with zero attached hydrogens (tertiary/aromatic N) is 2. The van der Waals surface area contributed by atoms with E-state index in [-0.39, 0.29) is 17.6 Å². The van der Waals surface area contributed by atoms with Crippen LogP contribution in [0.2, 0.25) is 0 Å². The first-order valence-corrected chi connectivity index (χ1v) is 6.83. The van der Waals surface area contributed by atoms with Crippen LogP contribution in [-0.4, -0.2) is 25.1 Å². The maximum atomic E-state index is 9.41. The van der Waals surface area contributed by atoms with Crippen molar-refractivity contribution in [2.45, 2.75) is 38.8 Å². The van der Waals surface area contributed by atoms with Gasteiger partial charge in [0.25, 0.3) is 0 Å². The van der Waals surface area contributed by atoms with Gasteiger partial charge in [-0.05, 0) is 58.5 Å². The third kappa shape index (κ3) is 2.90. The lowest BCUT2D eigenvalue weighted by molar-refractivity contribution is 0.230. The second-order valence-electron chi connectivity index (χ2n) is 5.87. The van der Waals surface area contributed by atoms with Gasteiger partial charge in [0.2, 0.25) is 0 Å². The predicted octanol–water partition coefficient (Wildman–Crippen LogP) is 3.38. The first-order valence-electron chi connectivity index (χ1n) is 6.83. The highest BCUT2D eigenvalue weighted by atomic mass is 16.5. The van der Waals surface area contributed by atoms with E-state index in [1.165, 1.54) is 5.56 Å². The highest BCUT2D eigenvalue weighted by molar-refractivity contribution is 5.33. The van der Waals surface area contributed by atoms with Crippen LogP contribution in [0.3, 0.4) is 0 Å². The molecule has 0 spiro atoms. The first-order chi connectivity index (χ1) is 8.98. The number of hydrogen-bond acceptors (Lipinski definition) is 3. The Morgan fingerprint density at radius 1 is 1.21 bits per heavy atom.